The van der Waals surface area contributed by atoms with Gasteiger partial charge in [0.2, 0.25) is 0 Å². The molecule has 1 nitrogen and oxygen atoms in total. The predicted molar refractivity (Wildman–Crippen MR) is 87.9 cm³/mol. The van der Waals surface area contributed by atoms with Gasteiger partial charge in [-0.1, -0.05) is 68.8 Å². The molecule has 0 saturated heterocycles. The lowest BCUT2D eigenvalue weighted by molar-refractivity contribution is 0.675. The third-order valence-corrected chi connectivity index (χ3v) is 3.54. The second-order valence-electron chi connectivity index (χ2n) is 5.32. The van der Waals surface area contributed by atoms with E-state index in [0.29, 0.717) is 0 Å². The Hall–Kier alpha value is -1.60. The standard InChI is InChI=1S/C19H25N/c1-3-5-16-6-10-18(11-7-16)19-12-8-17(9-13-19)15-20-14-4-2/h6-13,20H,3-5,14-15H2,1-2H3. The van der Waals surface area contributed by atoms with E-state index < -0.39 is 0 Å². The summed E-state index contributed by atoms with van der Waals surface area (Å²) in [5.41, 5.74) is 5.38. The zero-order valence-electron chi connectivity index (χ0n) is 12.7. The van der Waals surface area contributed by atoms with Crippen molar-refractivity contribution in [1.82, 2.24) is 5.32 Å². The maximum absolute atomic E-state index is 3.43. The summed E-state index contributed by atoms with van der Waals surface area (Å²) in [4.78, 5) is 0. The van der Waals surface area contributed by atoms with Crippen molar-refractivity contribution < 1.29 is 0 Å². The van der Waals surface area contributed by atoms with E-state index in [1.165, 1.54) is 41.5 Å². The lowest BCUT2D eigenvalue weighted by Crippen LogP contribution is -2.13. The molecule has 0 aromatic heterocycles. The molecule has 1 N–H and O–H groups in total. The fourth-order valence-electron chi connectivity index (χ4n) is 2.38. The summed E-state index contributed by atoms with van der Waals surface area (Å²) in [5.74, 6) is 0. The van der Waals surface area contributed by atoms with Gasteiger partial charge in [0.25, 0.3) is 0 Å². The molecule has 0 aliphatic heterocycles. The Morgan fingerprint density at radius 3 is 1.75 bits per heavy atom. The molecule has 0 aliphatic rings. The molecule has 0 aliphatic carbocycles. The van der Waals surface area contributed by atoms with E-state index in [9.17, 15) is 0 Å². The molecular weight excluding hydrogens is 242 g/mol. The van der Waals surface area contributed by atoms with Gasteiger partial charge >= 0.3 is 0 Å². The SMILES string of the molecule is CCCNCc1ccc(-c2ccc(CCC)cc2)cc1. The van der Waals surface area contributed by atoms with Gasteiger partial charge in [-0.3, -0.25) is 0 Å². The van der Waals surface area contributed by atoms with Crippen LogP contribution in [0.2, 0.25) is 0 Å². The van der Waals surface area contributed by atoms with Gasteiger partial charge in [0.1, 0.15) is 0 Å². The molecule has 0 amide bonds. The van der Waals surface area contributed by atoms with Gasteiger partial charge in [0.05, 0.1) is 0 Å². The van der Waals surface area contributed by atoms with Crippen molar-refractivity contribution in [3.05, 3.63) is 59.7 Å². The average molecular weight is 267 g/mol. The van der Waals surface area contributed by atoms with Crippen LogP contribution in [-0.4, -0.2) is 6.54 Å². The smallest absolute Gasteiger partial charge is 0.0205 e. The van der Waals surface area contributed by atoms with Gasteiger partial charge in [-0.15, -0.1) is 0 Å². The van der Waals surface area contributed by atoms with Crippen LogP contribution in [0.25, 0.3) is 11.1 Å². The van der Waals surface area contributed by atoms with E-state index in [0.717, 1.165) is 13.1 Å². The number of hydrogen-bond acceptors (Lipinski definition) is 1. The molecule has 0 bridgehead atoms. The van der Waals surface area contributed by atoms with Crippen molar-refractivity contribution in [1.29, 1.82) is 0 Å². The van der Waals surface area contributed by atoms with E-state index in [-0.39, 0.29) is 0 Å². The maximum Gasteiger partial charge on any atom is 0.0205 e. The molecule has 2 aromatic carbocycles. The van der Waals surface area contributed by atoms with Crippen LogP contribution in [0.1, 0.15) is 37.8 Å². The van der Waals surface area contributed by atoms with E-state index >= 15 is 0 Å². The first-order valence-corrected chi connectivity index (χ1v) is 7.72. The van der Waals surface area contributed by atoms with E-state index in [1.807, 2.05) is 0 Å². The van der Waals surface area contributed by atoms with E-state index in [1.54, 1.807) is 0 Å². The number of nitrogens with one attached hydrogen (secondary N) is 1. The second kappa shape index (κ2) is 7.86. The highest BCUT2D eigenvalue weighted by molar-refractivity contribution is 5.63. The van der Waals surface area contributed by atoms with Crippen LogP contribution < -0.4 is 5.32 Å². The van der Waals surface area contributed by atoms with Crippen LogP contribution in [0.3, 0.4) is 0 Å². The number of rotatable bonds is 7. The lowest BCUT2D eigenvalue weighted by atomic mass is 10.0. The summed E-state index contributed by atoms with van der Waals surface area (Å²) in [6, 6.07) is 17.8. The normalized spacial score (nSPS) is 10.7. The minimum atomic E-state index is 0.962. The van der Waals surface area contributed by atoms with Crippen LogP contribution in [0.15, 0.2) is 48.5 Å². The van der Waals surface area contributed by atoms with Gasteiger partial charge in [0.15, 0.2) is 0 Å². The highest BCUT2D eigenvalue weighted by atomic mass is 14.8. The first-order chi connectivity index (χ1) is 9.83. The van der Waals surface area contributed by atoms with E-state index in [2.05, 4.69) is 67.7 Å². The Kier molecular flexibility index (Phi) is 5.82. The number of benzene rings is 2. The average Bonchev–Trinajstić information content (AvgIpc) is 2.49. The molecule has 106 valence electrons. The van der Waals surface area contributed by atoms with Crippen LogP contribution in [0, 0.1) is 0 Å². The fraction of sp³-hybridized carbons (Fsp3) is 0.368. The molecule has 0 fully saturated rings. The number of aryl methyl sites for hydroxylation is 1. The van der Waals surface area contributed by atoms with Crippen molar-refractivity contribution in [2.45, 2.75) is 39.7 Å². The first kappa shape index (κ1) is 14.8. The Morgan fingerprint density at radius 1 is 0.700 bits per heavy atom. The van der Waals surface area contributed by atoms with Crippen molar-refractivity contribution >= 4 is 0 Å². The van der Waals surface area contributed by atoms with Crippen LogP contribution in [-0.2, 0) is 13.0 Å². The molecule has 2 rings (SSSR count). The summed E-state index contributed by atoms with van der Waals surface area (Å²) in [7, 11) is 0. The summed E-state index contributed by atoms with van der Waals surface area (Å²) < 4.78 is 0. The summed E-state index contributed by atoms with van der Waals surface area (Å²) in [5, 5.41) is 3.43. The topological polar surface area (TPSA) is 12.0 Å². The Morgan fingerprint density at radius 2 is 1.25 bits per heavy atom. The van der Waals surface area contributed by atoms with E-state index in [4.69, 9.17) is 0 Å². The van der Waals surface area contributed by atoms with Crippen LogP contribution in [0.5, 0.6) is 0 Å². The third kappa shape index (κ3) is 4.21. The zero-order valence-corrected chi connectivity index (χ0v) is 12.7. The molecule has 0 heterocycles. The Bertz CT molecular complexity index is 496. The molecule has 0 atom stereocenters. The van der Waals surface area contributed by atoms with Gasteiger partial charge in [-0.05, 0) is 41.6 Å². The van der Waals surface area contributed by atoms with Gasteiger partial charge in [-0.25, -0.2) is 0 Å². The largest absolute Gasteiger partial charge is 0.313 e. The fourth-order valence-corrected chi connectivity index (χ4v) is 2.38. The highest BCUT2D eigenvalue weighted by Crippen LogP contribution is 2.20. The quantitative estimate of drug-likeness (QED) is 0.710. The third-order valence-electron chi connectivity index (χ3n) is 3.54. The van der Waals surface area contributed by atoms with Crippen molar-refractivity contribution in [2.75, 3.05) is 6.54 Å². The van der Waals surface area contributed by atoms with Gasteiger partial charge in [0, 0.05) is 6.54 Å². The van der Waals surface area contributed by atoms with Crippen LogP contribution in [0.4, 0.5) is 0 Å². The van der Waals surface area contributed by atoms with Crippen molar-refractivity contribution in [3.63, 3.8) is 0 Å². The molecule has 0 unspecified atom stereocenters. The highest BCUT2D eigenvalue weighted by Gasteiger charge is 1.99. The summed E-state index contributed by atoms with van der Waals surface area (Å²) >= 11 is 0. The molecule has 20 heavy (non-hydrogen) atoms. The van der Waals surface area contributed by atoms with Crippen LogP contribution >= 0.6 is 0 Å². The lowest BCUT2D eigenvalue weighted by Gasteiger charge is -2.06. The molecule has 1 heteroatoms. The molecule has 0 saturated carbocycles. The van der Waals surface area contributed by atoms with Crippen molar-refractivity contribution in [2.24, 2.45) is 0 Å². The van der Waals surface area contributed by atoms with Gasteiger partial charge < -0.3 is 5.32 Å². The molecule has 0 radical (unpaired) electrons. The number of hydrogen-bond donors (Lipinski definition) is 1. The minimum absolute atomic E-state index is 0.962. The minimum Gasteiger partial charge on any atom is -0.313 e. The summed E-state index contributed by atoms with van der Waals surface area (Å²) in [6.45, 7) is 6.46. The Balaban J connectivity index is 2.01. The summed E-state index contributed by atoms with van der Waals surface area (Å²) in [6.07, 6.45) is 3.56. The monoisotopic (exact) mass is 267 g/mol. The van der Waals surface area contributed by atoms with Gasteiger partial charge in [-0.2, -0.15) is 0 Å². The van der Waals surface area contributed by atoms with Crippen molar-refractivity contribution in [3.8, 4) is 11.1 Å². The molecular formula is C19H25N. The Labute approximate surface area is 123 Å². The molecule has 2 aromatic rings. The maximum atomic E-state index is 3.43. The second-order valence-corrected chi connectivity index (χ2v) is 5.32. The molecule has 0 spiro atoms. The predicted octanol–water partition coefficient (Wildman–Crippen LogP) is 4.81. The zero-order chi connectivity index (χ0) is 14.2. The first-order valence-electron chi connectivity index (χ1n) is 7.72.